The van der Waals surface area contributed by atoms with Gasteiger partial charge in [0, 0.05) is 17.6 Å². The first-order valence-corrected chi connectivity index (χ1v) is 8.56. The Kier molecular flexibility index (Phi) is 6.99. The molecule has 0 aromatic heterocycles. The quantitative estimate of drug-likeness (QED) is 0.734. The highest BCUT2D eigenvalue weighted by Gasteiger charge is 2.12. The van der Waals surface area contributed by atoms with E-state index in [0.717, 1.165) is 17.3 Å². The van der Waals surface area contributed by atoms with Crippen LogP contribution in [0, 0.1) is 0 Å². The van der Waals surface area contributed by atoms with Gasteiger partial charge in [-0.15, -0.1) is 0 Å². The Bertz CT molecular complexity index is 488. The number of sulfonamides is 1. The number of rotatable bonds is 8. The van der Waals surface area contributed by atoms with Gasteiger partial charge in [0.25, 0.3) is 0 Å². The van der Waals surface area contributed by atoms with E-state index in [2.05, 4.69) is 20.7 Å². The summed E-state index contributed by atoms with van der Waals surface area (Å²) in [6.07, 6.45) is 1.83. The number of unbranched alkanes of at least 4 members (excludes halogenated alkanes) is 1. The van der Waals surface area contributed by atoms with Gasteiger partial charge in [0.1, 0.15) is 0 Å². The SMILES string of the molecule is CC(C)OCCCCNS(=O)(=O)c1cccc(Br)c1. The minimum Gasteiger partial charge on any atom is -0.379 e. The van der Waals surface area contributed by atoms with Crippen molar-refractivity contribution in [1.82, 2.24) is 4.72 Å². The molecule has 108 valence electrons. The summed E-state index contributed by atoms with van der Waals surface area (Å²) in [4.78, 5) is 0.278. The monoisotopic (exact) mass is 349 g/mol. The maximum atomic E-state index is 12.0. The van der Waals surface area contributed by atoms with Crippen molar-refractivity contribution in [2.75, 3.05) is 13.2 Å². The first-order chi connectivity index (χ1) is 8.92. The van der Waals surface area contributed by atoms with Crippen molar-refractivity contribution in [2.24, 2.45) is 0 Å². The van der Waals surface area contributed by atoms with Gasteiger partial charge in [0.05, 0.1) is 11.0 Å². The smallest absolute Gasteiger partial charge is 0.240 e. The van der Waals surface area contributed by atoms with Crippen LogP contribution in [0.2, 0.25) is 0 Å². The fourth-order valence-corrected chi connectivity index (χ4v) is 3.14. The van der Waals surface area contributed by atoms with Crippen molar-refractivity contribution in [3.63, 3.8) is 0 Å². The summed E-state index contributed by atoms with van der Waals surface area (Å²) < 4.78 is 32.7. The Morgan fingerprint density at radius 1 is 1.32 bits per heavy atom. The average molecular weight is 350 g/mol. The van der Waals surface area contributed by atoms with Crippen molar-refractivity contribution in [2.45, 2.75) is 37.7 Å². The molecule has 6 heteroatoms. The topological polar surface area (TPSA) is 55.4 Å². The van der Waals surface area contributed by atoms with Crippen molar-refractivity contribution in [1.29, 1.82) is 0 Å². The van der Waals surface area contributed by atoms with Gasteiger partial charge in [0.15, 0.2) is 0 Å². The largest absolute Gasteiger partial charge is 0.379 e. The Hall–Kier alpha value is -0.430. The van der Waals surface area contributed by atoms with E-state index in [1.54, 1.807) is 24.3 Å². The molecule has 1 aromatic carbocycles. The van der Waals surface area contributed by atoms with Crippen molar-refractivity contribution < 1.29 is 13.2 Å². The average Bonchev–Trinajstić information content (AvgIpc) is 2.33. The summed E-state index contributed by atoms with van der Waals surface area (Å²) in [6, 6.07) is 6.66. The Morgan fingerprint density at radius 2 is 2.05 bits per heavy atom. The lowest BCUT2D eigenvalue weighted by Gasteiger charge is -2.08. The van der Waals surface area contributed by atoms with Crippen molar-refractivity contribution in [3.05, 3.63) is 28.7 Å². The number of ether oxygens (including phenoxy) is 1. The highest BCUT2D eigenvalue weighted by molar-refractivity contribution is 9.10. The third-order valence-electron chi connectivity index (χ3n) is 2.42. The predicted octanol–water partition coefficient (Wildman–Crippen LogP) is 2.93. The van der Waals surface area contributed by atoms with Crippen LogP contribution in [0.3, 0.4) is 0 Å². The first kappa shape index (κ1) is 16.6. The summed E-state index contributed by atoms with van der Waals surface area (Å²) >= 11 is 3.26. The Labute approximate surface area is 123 Å². The number of nitrogens with one attached hydrogen (secondary N) is 1. The molecule has 0 atom stereocenters. The van der Waals surface area contributed by atoms with Gasteiger partial charge in [0.2, 0.25) is 10.0 Å². The third kappa shape index (κ3) is 6.51. The summed E-state index contributed by atoms with van der Waals surface area (Å²) in [5.41, 5.74) is 0. The zero-order valence-corrected chi connectivity index (χ0v) is 13.6. The van der Waals surface area contributed by atoms with E-state index >= 15 is 0 Å². The highest BCUT2D eigenvalue weighted by atomic mass is 79.9. The van der Waals surface area contributed by atoms with Crippen LogP contribution < -0.4 is 4.72 Å². The molecule has 0 spiro atoms. The van der Waals surface area contributed by atoms with Crippen LogP contribution in [-0.2, 0) is 14.8 Å². The van der Waals surface area contributed by atoms with Gasteiger partial charge in [-0.05, 0) is 44.9 Å². The lowest BCUT2D eigenvalue weighted by atomic mass is 10.3. The van der Waals surface area contributed by atoms with Gasteiger partial charge in [-0.25, -0.2) is 13.1 Å². The highest BCUT2D eigenvalue weighted by Crippen LogP contribution is 2.15. The van der Waals surface area contributed by atoms with Gasteiger partial charge in [-0.2, -0.15) is 0 Å². The molecule has 0 bridgehead atoms. The lowest BCUT2D eigenvalue weighted by molar-refractivity contribution is 0.0762. The number of hydrogen-bond acceptors (Lipinski definition) is 3. The van der Waals surface area contributed by atoms with E-state index in [1.165, 1.54) is 0 Å². The van der Waals surface area contributed by atoms with Crippen LogP contribution >= 0.6 is 15.9 Å². The van der Waals surface area contributed by atoms with E-state index in [-0.39, 0.29) is 11.0 Å². The van der Waals surface area contributed by atoms with Crippen LogP contribution in [0.5, 0.6) is 0 Å². The molecule has 0 unspecified atom stereocenters. The maximum absolute atomic E-state index is 12.0. The zero-order chi connectivity index (χ0) is 14.3. The first-order valence-electron chi connectivity index (χ1n) is 6.28. The Morgan fingerprint density at radius 3 is 2.68 bits per heavy atom. The molecule has 0 saturated carbocycles. The minimum atomic E-state index is -3.41. The van der Waals surface area contributed by atoms with Crippen LogP contribution in [-0.4, -0.2) is 27.7 Å². The van der Waals surface area contributed by atoms with E-state index < -0.39 is 10.0 Å². The minimum absolute atomic E-state index is 0.221. The van der Waals surface area contributed by atoms with Crippen LogP contribution in [0.4, 0.5) is 0 Å². The molecule has 0 aliphatic heterocycles. The van der Waals surface area contributed by atoms with E-state index in [0.29, 0.717) is 13.2 Å². The van der Waals surface area contributed by atoms with Gasteiger partial charge >= 0.3 is 0 Å². The second-order valence-corrected chi connectivity index (χ2v) is 7.16. The molecule has 0 aliphatic rings. The molecular weight excluding hydrogens is 330 g/mol. The molecule has 19 heavy (non-hydrogen) atoms. The fraction of sp³-hybridized carbons (Fsp3) is 0.538. The summed E-state index contributed by atoms with van der Waals surface area (Å²) in [5.74, 6) is 0. The normalized spacial score (nSPS) is 12.0. The van der Waals surface area contributed by atoms with Crippen LogP contribution in [0.15, 0.2) is 33.6 Å². The molecule has 1 rings (SSSR count). The molecule has 0 heterocycles. The lowest BCUT2D eigenvalue weighted by Crippen LogP contribution is -2.25. The summed E-state index contributed by atoms with van der Waals surface area (Å²) in [5, 5.41) is 0. The van der Waals surface area contributed by atoms with E-state index in [9.17, 15) is 8.42 Å². The van der Waals surface area contributed by atoms with Gasteiger partial charge in [-0.1, -0.05) is 22.0 Å². The molecule has 0 fully saturated rings. The van der Waals surface area contributed by atoms with Crippen molar-refractivity contribution in [3.8, 4) is 0 Å². The fourth-order valence-electron chi connectivity index (χ4n) is 1.47. The summed E-state index contributed by atoms with van der Waals surface area (Å²) in [6.45, 7) is 5.05. The van der Waals surface area contributed by atoms with Crippen LogP contribution in [0.1, 0.15) is 26.7 Å². The molecular formula is C13H20BrNO3S. The van der Waals surface area contributed by atoms with Gasteiger partial charge in [-0.3, -0.25) is 0 Å². The molecule has 0 radical (unpaired) electrons. The predicted molar refractivity (Wildman–Crippen MR) is 79.7 cm³/mol. The summed E-state index contributed by atoms with van der Waals surface area (Å²) in [7, 11) is -3.41. The second-order valence-electron chi connectivity index (χ2n) is 4.48. The molecule has 1 N–H and O–H groups in total. The standard InChI is InChI=1S/C13H20BrNO3S/c1-11(2)18-9-4-3-8-15-19(16,17)13-7-5-6-12(14)10-13/h5-7,10-11,15H,3-4,8-9H2,1-2H3. The second kappa shape index (κ2) is 7.99. The molecule has 0 saturated heterocycles. The van der Waals surface area contributed by atoms with Gasteiger partial charge < -0.3 is 4.74 Å². The molecule has 1 aromatic rings. The van der Waals surface area contributed by atoms with E-state index in [1.807, 2.05) is 13.8 Å². The number of benzene rings is 1. The maximum Gasteiger partial charge on any atom is 0.240 e. The number of hydrogen-bond donors (Lipinski definition) is 1. The Balaban J connectivity index is 2.36. The molecule has 0 aliphatic carbocycles. The third-order valence-corrected chi connectivity index (χ3v) is 4.37. The zero-order valence-electron chi connectivity index (χ0n) is 11.2. The van der Waals surface area contributed by atoms with E-state index in [4.69, 9.17) is 4.74 Å². The number of halogens is 1. The molecule has 0 amide bonds. The van der Waals surface area contributed by atoms with Crippen LogP contribution in [0.25, 0.3) is 0 Å². The van der Waals surface area contributed by atoms with Crippen molar-refractivity contribution >= 4 is 26.0 Å². The molecule has 4 nitrogen and oxygen atoms in total.